The number of fused-ring (bicyclic) bond motifs is 1. The van der Waals surface area contributed by atoms with E-state index in [0.717, 1.165) is 12.1 Å². The molecule has 3 rings (SSSR count). The van der Waals surface area contributed by atoms with Gasteiger partial charge in [0.2, 0.25) is 0 Å². The fourth-order valence-electron chi connectivity index (χ4n) is 2.46. The molecule has 1 amide bonds. The SMILES string of the molecule is NC(=O)c1nc2cc(C(F)(F)F)ccc2cc1-c1cccc(N)c1. The quantitative estimate of drug-likeness (QED) is 0.704. The Balaban J connectivity index is 2.27. The van der Waals surface area contributed by atoms with Crippen LogP contribution in [0.3, 0.4) is 0 Å². The van der Waals surface area contributed by atoms with E-state index in [4.69, 9.17) is 11.5 Å². The number of pyridine rings is 1. The third kappa shape index (κ3) is 2.88. The van der Waals surface area contributed by atoms with E-state index in [2.05, 4.69) is 4.98 Å². The first-order valence-corrected chi connectivity index (χ1v) is 6.93. The van der Waals surface area contributed by atoms with Crippen LogP contribution in [0.5, 0.6) is 0 Å². The number of rotatable bonds is 2. The van der Waals surface area contributed by atoms with E-state index in [-0.39, 0.29) is 11.2 Å². The van der Waals surface area contributed by atoms with E-state index in [1.54, 1.807) is 30.3 Å². The average Bonchev–Trinajstić information content (AvgIpc) is 2.52. The van der Waals surface area contributed by atoms with Crippen molar-refractivity contribution in [1.29, 1.82) is 0 Å². The molecule has 0 radical (unpaired) electrons. The van der Waals surface area contributed by atoms with Gasteiger partial charge in [0.25, 0.3) is 5.91 Å². The largest absolute Gasteiger partial charge is 0.416 e. The summed E-state index contributed by atoms with van der Waals surface area (Å²) in [6.07, 6.45) is -4.49. The predicted molar refractivity (Wildman–Crippen MR) is 85.1 cm³/mol. The molecule has 24 heavy (non-hydrogen) atoms. The molecule has 7 heteroatoms. The lowest BCUT2D eigenvalue weighted by Gasteiger charge is -2.11. The van der Waals surface area contributed by atoms with Crippen LogP contribution in [0.1, 0.15) is 16.1 Å². The van der Waals surface area contributed by atoms with E-state index in [9.17, 15) is 18.0 Å². The van der Waals surface area contributed by atoms with Crippen LogP contribution < -0.4 is 11.5 Å². The molecule has 4 nitrogen and oxygen atoms in total. The number of anilines is 1. The molecular weight excluding hydrogens is 319 g/mol. The Hall–Kier alpha value is -3.09. The van der Waals surface area contributed by atoms with Crippen LogP contribution in [0.4, 0.5) is 18.9 Å². The lowest BCUT2D eigenvalue weighted by molar-refractivity contribution is -0.137. The van der Waals surface area contributed by atoms with E-state index >= 15 is 0 Å². The Morgan fingerprint density at radius 3 is 2.42 bits per heavy atom. The number of carbonyl (C=O) groups is 1. The van der Waals surface area contributed by atoms with Gasteiger partial charge in [0.1, 0.15) is 5.69 Å². The van der Waals surface area contributed by atoms with Crippen molar-refractivity contribution in [3.8, 4) is 11.1 Å². The normalized spacial score (nSPS) is 11.6. The molecule has 1 heterocycles. The van der Waals surface area contributed by atoms with Crippen LogP contribution in [0.25, 0.3) is 22.0 Å². The van der Waals surface area contributed by atoms with Crippen LogP contribution in [0.15, 0.2) is 48.5 Å². The molecule has 0 bridgehead atoms. The number of carbonyl (C=O) groups excluding carboxylic acids is 1. The fourth-order valence-corrected chi connectivity index (χ4v) is 2.46. The van der Waals surface area contributed by atoms with Crippen molar-refractivity contribution < 1.29 is 18.0 Å². The minimum atomic E-state index is -4.49. The van der Waals surface area contributed by atoms with Crippen LogP contribution in [-0.2, 0) is 6.18 Å². The van der Waals surface area contributed by atoms with Gasteiger partial charge in [-0.1, -0.05) is 18.2 Å². The smallest absolute Gasteiger partial charge is 0.399 e. The van der Waals surface area contributed by atoms with Crippen molar-refractivity contribution >= 4 is 22.5 Å². The molecule has 122 valence electrons. The first-order valence-electron chi connectivity index (χ1n) is 6.93. The Bertz CT molecular complexity index is 951. The van der Waals surface area contributed by atoms with Crippen LogP contribution in [-0.4, -0.2) is 10.9 Å². The van der Waals surface area contributed by atoms with E-state index in [1.165, 1.54) is 6.07 Å². The summed E-state index contributed by atoms with van der Waals surface area (Å²) in [5, 5.41) is 0.463. The molecule has 0 fully saturated rings. The Morgan fingerprint density at radius 1 is 1.04 bits per heavy atom. The van der Waals surface area contributed by atoms with Crippen molar-refractivity contribution in [3.05, 3.63) is 59.8 Å². The highest BCUT2D eigenvalue weighted by Gasteiger charge is 2.30. The van der Waals surface area contributed by atoms with E-state index in [1.807, 2.05) is 0 Å². The third-order valence-electron chi connectivity index (χ3n) is 3.58. The number of amides is 1. The molecule has 3 aromatic rings. The molecule has 0 saturated heterocycles. The summed E-state index contributed by atoms with van der Waals surface area (Å²) in [5.74, 6) is -0.827. The molecular formula is C17H12F3N3O. The van der Waals surface area contributed by atoms with Gasteiger partial charge in [-0.3, -0.25) is 4.79 Å². The van der Waals surface area contributed by atoms with E-state index in [0.29, 0.717) is 22.2 Å². The standard InChI is InChI=1S/C17H12F3N3O/c18-17(19,20)11-5-4-10-7-13(9-2-1-3-12(21)6-9)15(16(22)24)23-14(10)8-11/h1-8H,21H2,(H2,22,24). The maximum Gasteiger partial charge on any atom is 0.416 e. The highest BCUT2D eigenvalue weighted by atomic mass is 19.4. The van der Waals surface area contributed by atoms with Gasteiger partial charge in [-0.2, -0.15) is 13.2 Å². The summed E-state index contributed by atoms with van der Waals surface area (Å²) in [4.78, 5) is 15.8. The van der Waals surface area contributed by atoms with Crippen LogP contribution in [0.2, 0.25) is 0 Å². The molecule has 0 saturated carbocycles. The third-order valence-corrected chi connectivity index (χ3v) is 3.58. The molecule has 0 spiro atoms. The predicted octanol–water partition coefficient (Wildman–Crippen LogP) is 3.60. The van der Waals surface area contributed by atoms with E-state index < -0.39 is 17.6 Å². The van der Waals surface area contributed by atoms with Gasteiger partial charge < -0.3 is 11.5 Å². The van der Waals surface area contributed by atoms with Crippen molar-refractivity contribution in [2.24, 2.45) is 5.73 Å². The molecule has 2 aromatic carbocycles. The molecule has 0 atom stereocenters. The second kappa shape index (κ2) is 5.52. The summed E-state index contributed by atoms with van der Waals surface area (Å²) in [6.45, 7) is 0. The van der Waals surface area contributed by atoms with Gasteiger partial charge in [-0.15, -0.1) is 0 Å². The van der Waals surface area contributed by atoms with Gasteiger partial charge in [0.05, 0.1) is 11.1 Å². The molecule has 1 aromatic heterocycles. The molecule has 0 aliphatic carbocycles. The zero-order chi connectivity index (χ0) is 17.5. The van der Waals surface area contributed by atoms with Gasteiger partial charge in [0, 0.05) is 16.6 Å². The second-order valence-electron chi connectivity index (χ2n) is 5.28. The minimum Gasteiger partial charge on any atom is -0.399 e. The summed E-state index contributed by atoms with van der Waals surface area (Å²) < 4.78 is 38.5. The fraction of sp³-hybridized carbons (Fsp3) is 0.0588. The van der Waals surface area contributed by atoms with Gasteiger partial charge in [-0.25, -0.2) is 4.98 Å². The first-order chi connectivity index (χ1) is 11.3. The monoisotopic (exact) mass is 331 g/mol. The lowest BCUT2D eigenvalue weighted by Crippen LogP contribution is -2.15. The van der Waals surface area contributed by atoms with Crippen molar-refractivity contribution in [1.82, 2.24) is 4.98 Å². The zero-order valence-corrected chi connectivity index (χ0v) is 12.3. The molecule has 0 aliphatic heterocycles. The van der Waals surface area contributed by atoms with Gasteiger partial charge >= 0.3 is 6.18 Å². The molecule has 0 unspecified atom stereocenters. The Labute approximate surface area is 134 Å². The highest BCUT2D eigenvalue weighted by molar-refractivity contribution is 6.01. The van der Waals surface area contributed by atoms with Crippen molar-refractivity contribution in [3.63, 3.8) is 0 Å². The van der Waals surface area contributed by atoms with Gasteiger partial charge in [-0.05, 0) is 35.9 Å². The number of primary amides is 1. The summed E-state index contributed by atoms with van der Waals surface area (Å²) >= 11 is 0. The highest BCUT2D eigenvalue weighted by Crippen LogP contribution is 2.33. The molecule has 4 N–H and O–H groups in total. The second-order valence-corrected chi connectivity index (χ2v) is 5.28. The number of aromatic nitrogens is 1. The first kappa shape index (κ1) is 15.8. The zero-order valence-electron chi connectivity index (χ0n) is 12.3. The number of alkyl halides is 3. The van der Waals surface area contributed by atoms with Crippen molar-refractivity contribution in [2.75, 3.05) is 5.73 Å². The topological polar surface area (TPSA) is 82.0 Å². The average molecular weight is 331 g/mol. The summed E-state index contributed by atoms with van der Waals surface area (Å²) in [5.41, 5.74) is 11.7. The number of benzene rings is 2. The van der Waals surface area contributed by atoms with Gasteiger partial charge in [0.15, 0.2) is 0 Å². The lowest BCUT2D eigenvalue weighted by atomic mass is 10.00. The minimum absolute atomic E-state index is 0.0475. The number of nitrogen functional groups attached to an aromatic ring is 1. The maximum atomic E-state index is 12.8. The number of nitrogens with zero attached hydrogens (tertiary/aromatic N) is 1. The Kier molecular flexibility index (Phi) is 3.63. The number of hydrogen-bond acceptors (Lipinski definition) is 3. The number of nitrogens with two attached hydrogens (primary N) is 2. The summed E-state index contributed by atoms with van der Waals surface area (Å²) in [7, 11) is 0. The summed E-state index contributed by atoms with van der Waals surface area (Å²) in [6, 6.07) is 11.5. The van der Waals surface area contributed by atoms with Crippen LogP contribution in [0, 0.1) is 0 Å². The number of hydrogen-bond donors (Lipinski definition) is 2. The Morgan fingerprint density at radius 2 is 1.79 bits per heavy atom. The van der Waals surface area contributed by atoms with Crippen molar-refractivity contribution in [2.45, 2.75) is 6.18 Å². The van der Waals surface area contributed by atoms with Crippen LogP contribution >= 0.6 is 0 Å². The maximum absolute atomic E-state index is 12.8. The number of halogens is 3. The molecule has 0 aliphatic rings.